The van der Waals surface area contributed by atoms with Gasteiger partial charge in [-0.15, -0.1) is 0 Å². The fourth-order valence-electron chi connectivity index (χ4n) is 0.814. The van der Waals surface area contributed by atoms with Gasteiger partial charge in [0.15, 0.2) is 20.8 Å². The van der Waals surface area contributed by atoms with E-state index in [2.05, 4.69) is 33.8 Å². The molecule has 3 heteroatoms. The van der Waals surface area contributed by atoms with E-state index in [9.17, 15) is 0 Å². The zero-order valence-electron chi connectivity index (χ0n) is 5.76. The predicted octanol–water partition coefficient (Wildman–Crippen LogP) is 0.968. The standard InChI is InChI=1S/C7H7NSi2/c1-6-4-2-3-5-7(6)8(9)10/h2-5H,1H3. The maximum absolute atomic E-state index is 3.33. The summed E-state index contributed by atoms with van der Waals surface area (Å²) >= 11 is 0. The first-order valence-electron chi connectivity index (χ1n) is 3.00. The molecule has 0 saturated carbocycles. The average Bonchev–Trinajstić information content (AvgIpc) is 1.88. The number of hydrogen-bond donors (Lipinski definition) is 0. The number of hydrogen-bond acceptors (Lipinski definition) is 1. The summed E-state index contributed by atoms with van der Waals surface area (Å²) in [5, 5.41) is 0. The summed E-state index contributed by atoms with van der Waals surface area (Å²) in [4.78, 5) is 0. The Morgan fingerprint density at radius 3 is 2.20 bits per heavy atom. The van der Waals surface area contributed by atoms with E-state index >= 15 is 0 Å². The summed E-state index contributed by atoms with van der Waals surface area (Å²) < 4.78 is 1.73. The van der Waals surface area contributed by atoms with E-state index in [-0.39, 0.29) is 0 Å². The van der Waals surface area contributed by atoms with Gasteiger partial charge in [0.25, 0.3) is 0 Å². The lowest BCUT2D eigenvalue weighted by molar-refractivity contribution is 1.42. The molecule has 0 spiro atoms. The minimum Gasteiger partial charge on any atom is -0.429 e. The number of benzene rings is 1. The summed E-state index contributed by atoms with van der Waals surface area (Å²) in [6.07, 6.45) is 0. The molecule has 1 aromatic carbocycles. The van der Waals surface area contributed by atoms with Gasteiger partial charge in [0.2, 0.25) is 0 Å². The minimum absolute atomic E-state index is 1.12. The van der Waals surface area contributed by atoms with E-state index < -0.39 is 0 Å². The van der Waals surface area contributed by atoms with Crippen LogP contribution < -0.4 is 4.23 Å². The van der Waals surface area contributed by atoms with Crippen molar-refractivity contribution in [2.24, 2.45) is 0 Å². The van der Waals surface area contributed by atoms with Crippen molar-refractivity contribution in [1.29, 1.82) is 0 Å². The van der Waals surface area contributed by atoms with Crippen molar-refractivity contribution in [3.63, 3.8) is 0 Å². The highest BCUT2D eigenvalue weighted by atomic mass is 28.2. The van der Waals surface area contributed by atoms with Crippen molar-refractivity contribution >= 4 is 26.5 Å². The van der Waals surface area contributed by atoms with Gasteiger partial charge in [0.05, 0.1) is 0 Å². The van der Waals surface area contributed by atoms with Crippen LogP contribution in [-0.2, 0) is 0 Å². The molecular weight excluding hydrogens is 154 g/mol. The molecule has 1 rings (SSSR count). The lowest BCUT2D eigenvalue weighted by Gasteiger charge is -2.14. The lowest BCUT2D eigenvalue weighted by Crippen LogP contribution is -2.14. The van der Waals surface area contributed by atoms with E-state index in [1.54, 1.807) is 4.23 Å². The van der Waals surface area contributed by atoms with Crippen LogP contribution in [-0.4, -0.2) is 20.8 Å². The molecular formula is C7H7NSi2. The Morgan fingerprint density at radius 2 is 1.80 bits per heavy atom. The molecule has 1 aromatic rings. The summed E-state index contributed by atoms with van der Waals surface area (Å²) in [6.45, 7) is 2.06. The van der Waals surface area contributed by atoms with Crippen LogP contribution in [0.1, 0.15) is 5.56 Å². The van der Waals surface area contributed by atoms with E-state index in [0.29, 0.717) is 0 Å². The zero-order chi connectivity index (χ0) is 7.56. The quantitative estimate of drug-likeness (QED) is 0.555. The number of rotatable bonds is 1. The van der Waals surface area contributed by atoms with Crippen LogP contribution in [0.4, 0.5) is 5.69 Å². The molecule has 0 fully saturated rings. The van der Waals surface area contributed by atoms with E-state index in [1.165, 1.54) is 5.56 Å². The number of aryl methyl sites for hydroxylation is 1. The third kappa shape index (κ3) is 1.49. The smallest absolute Gasteiger partial charge is 0.178 e. The Labute approximate surface area is 68.1 Å². The average molecular weight is 161 g/mol. The molecule has 0 atom stereocenters. The second-order valence-electron chi connectivity index (χ2n) is 2.12. The molecule has 6 radical (unpaired) electrons. The van der Waals surface area contributed by atoms with Crippen molar-refractivity contribution in [3.8, 4) is 0 Å². The third-order valence-corrected chi connectivity index (χ3v) is 1.84. The Balaban J connectivity index is 3.03. The summed E-state index contributed by atoms with van der Waals surface area (Å²) in [7, 11) is 6.66. The summed E-state index contributed by atoms with van der Waals surface area (Å²) in [6, 6.07) is 8.09. The molecule has 0 N–H and O–H groups in total. The van der Waals surface area contributed by atoms with Crippen molar-refractivity contribution in [2.75, 3.05) is 4.23 Å². The Hall–Kier alpha value is -0.546. The number of anilines is 1. The first-order chi connectivity index (χ1) is 4.72. The van der Waals surface area contributed by atoms with E-state index in [0.717, 1.165) is 5.69 Å². The van der Waals surface area contributed by atoms with E-state index in [4.69, 9.17) is 0 Å². The number of nitrogens with zero attached hydrogens (tertiary/aromatic N) is 1. The SMILES string of the molecule is Cc1ccccc1N([Si])[Si]. The summed E-state index contributed by atoms with van der Waals surface area (Å²) in [5.41, 5.74) is 2.35. The fourth-order valence-corrected chi connectivity index (χ4v) is 1.32. The molecule has 48 valence electrons. The van der Waals surface area contributed by atoms with Gasteiger partial charge in [-0.2, -0.15) is 0 Å². The summed E-state index contributed by atoms with van der Waals surface area (Å²) in [5.74, 6) is 0. The van der Waals surface area contributed by atoms with Gasteiger partial charge >= 0.3 is 0 Å². The Kier molecular flexibility index (Phi) is 2.29. The van der Waals surface area contributed by atoms with Gasteiger partial charge in [0, 0.05) is 5.69 Å². The van der Waals surface area contributed by atoms with Gasteiger partial charge in [-0.25, -0.2) is 0 Å². The second-order valence-corrected chi connectivity index (χ2v) is 3.46. The monoisotopic (exact) mass is 161 g/mol. The highest BCUT2D eigenvalue weighted by molar-refractivity contribution is 6.41. The zero-order valence-corrected chi connectivity index (χ0v) is 7.76. The van der Waals surface area contributed by atoms with Gasteiger partial charge in [-0.3, -0.25) is 0 Å². The molecule has 0 aliphatic carbocycles. The van der Waals surface area contributed by atoms with Crippen molar-refractivity contribution in [1.82, 2.24) is 0 Å². The molecule has 0 bridgehead atoms. The fraction of sp³-hybridized carbons (Fsp3) is 0.143. The van der Waals surface area contributed by atoms with Gasteiger partial charge in [-0.1, -0.05) is 18.2 Å². The predicted molar refractivity (Wildman–Crippen MR) is 45.2 cm³/mol. The van der Waals surface area contributed by atoms with Crippen LogP contribution in [0.5, 0.6) is 0 Å². The first-order valence-corrected chi connectivity index (χ1v) is 3.89. The van der Waals surface area contributed by atoms with Crippen LogP contribution >= 0.6 is 0 Å². The van der Waals surface area contributed by atoms with Gasteiger partial charge < -0.3 is 4.23 Å². The van der Waals surface area contributed by atoms with Crippen molar-refractivity contribution < 1.29 is 0 Å². The van der Waals surface area contributed by atoms with Crippen molar-refractivity contribution in [3.05, 3.63) is 29.8 Å². The molecule has 0 aromatic heterocycles. The minimum atomic E-state index is 1.12. The lowest BCUT2D eigenvalue weighted by atomic mass is 10.2. The third-order valence-electron chi connectivity index (χ3n) is 1.36. The largest absolute Gasteiger partial charge is 0.429 e. The maximum Gasteiger partial charge on any atom is 0.178 e. The van der Waals surface area contributed by atoms with Crippen LogP contribution in [0.2, 0.25) is 0 Å². The molecule has 0 unspecified atom stereocenters. The number of para-hydroxylation sites is 1. The second kappa shape index (κ2) is 3.03. The normalized spacial score (nSPS) is 9.50. The highest BCUT2D eigenvalue weighted by Gasteiger charge is 1.95. The highest BCUT2D eigenvalue weighted by Crippen LogP contribution is 2.14. The molecule has 0 amide bonds. The van der Waals surface area contributed by atoms with Gasteiger partial charge in [-0.05, 0) is 18.6 Å². The molecule has 0 saturated heterocycles. The van der Waals surface area contributed by atoms with Crippen LogP contribution in [0.3, 0.4) is 0 Å². The van der Waals surface area contributed by atoms with Crippen LogP contribution in [0.25, 0.3) is 0 Å². The van der Waals surface area contributed by atoms with E-state index in [1.807, 2.05) is 18.2 Å². The van der Waals surface area contributed by atoms with Crippen LogP contribution in [0, 0.1) is 6.92 Å². The molecule has 0 aliphatic heterocycles. The van der Waals surface area contributed by atoms with Gasteiger partial charge in [0.1, 0.15) is 0 Å². The molecule has 0 heterocycles. The molecule has 10 heavy (non-hydrogen) atoms. The maximum atomic E-state index is 3.33. The first kappa shape index (κ1) is 7.56. The molecule has 0 aliphatic rings. The Morgan fingerprint density at radius 1 is 1.20 bits per heavy atom. The van der Waals surface area contributed by atoms with Crippen molar-refractivity contribution in [2.45, 2.75) is 6.92 Å². The molecule has 1 nitrogen and oxygen atoms in total. The van der Waals surface area contributed by atoms with Crippen LogP contribution in [0.15, 0.2) is 24.3 Å². The Bertz CT molecular complexity index is 223. The topological polar surface area (TPSA) is 3.24 Å².